The van der Waals surface area contributed by atoms with E-state index in [4.69, 9.17) is 4.74 Å². The van der Waals surface area contributed by atoms with E-state index in [9.17, 15) is 9.59 Å². The van der Waals surface area contributed by atoms with Crippen LogP contribution in [-0.2, 0) is 4.74 Å². The molecule has 0 unspecified atom stereocenters. The SMILES string of the molecule is COC(=O)c1c(NC(=O)c2cccc(SC)c2)sc2ccccc12. The molecule has 0 aliphatic rings. The number of hydrogen-bond acceptors (Lipinski definition) is 5. The van der Waals surface area contributed by atoms with Gasteiger partial charge in [0.2, 0.25) is 0 Å². The highest BCUT2D eigenvalue weighted by Crippen LogP contribution is 2.36. The van der Waals surface area contributed by atoms with E-state index in [1.807, 2.05) is 48.7 Å². The number of fused-ring (bicyclic) bond motifs is 1. The van der Waals surface area contributed by atoms with E-state index in [-0.39, 0.29) is 5.91 Å². The Labute approximate surface area is 147 Å². The van der Waals surface area contributed by atoms with Crippen molar-refractivity contribution in [3.05, 3.63) is 59.7 Å². The minimum Gasteiger partial charge on any atom is -0.465 e. The maximum absolute atomic E-state index is 12.6. The number of ether oxygens (including phenoxy) is 1. The molecule has 1 amide bonds. The Morgan fingerprint density at radius 1 is 1.12 bits per heavy atom. The molecule has 0 fully saturated rings. The van der Waals surface area contributed by atoms with Crippen LogP contribution < -0.4 is 5.32 Å². The second-order valence-electron chi connectivity index (χ2n) is 4.98. The van der Waals surface area contributed by atoms with E-state index in [1.54, 1.807) is 17.8 Å². The van der Waals surface area contributed by atoms with E-state index in [1.165, 1.54) is 18.4 Å². The molecule has 0 radical (unpaired) electrons. The molecule has 24 heavy (non-hydrogen) atoms. The van der Waals surface area contributed by atoms with Crippen molar-refractivity contribution in [3.8, 4) is 0 Å². The number of rotatable bonds is 4. The van der Waals surface area contributed by atoms with Crippen LogP contribution in [0.25, 0.3) is 10.1 Å². The van der Waals surface area contributed by atoms with Gasteiger partial charge in [0, 0.05) is 20.5 Å². The fourth-order valence-electron chi connectivity index (χ4n) is 2.38. The van der Waals surface area contributed by atoms with Crippen molar-refractivity contribution >= 4 is 50.1 Å². The maximum Gasteiger partial charge on any atom is 0.341 e. The molecule has 0 aliphatic heterocycles. The summed E-state index contributed by atoms with van der Waals surface area (Å²) in [5, 5.41) is 4.13. The predicted molar refractivity (Wildman–Crippen MR) is 99.3 cm³/mol. The molecule has 3 aromatic rings. The number of hydrogen-bond donors (Lipinski definition) is 1. The number of benzene rings is 2. The number of esters is 1. The van der Waals surface area contributed by atoms with Crippen LogP contribution in [0, 0.1) is 0 Å². The van der Waals surface area contributed by atoms with Gasteiger partial charge in [0.1, 0.15) is 10.6 Å². The number of methoxy groups -OCH3 is 1. The monoisotopic (exact) mass is 357 g/mol. The lowest BCUT2D eigenvalue weighted by molar-refractivity contribution is 0.0604. The molecule has 1 N–H and O–H groups in total. The van der Waals surface area contributed by atoms with Gasteiger partial charge < -0.3 is 10.1 Å². The average molecular weight is 357 g/mol. The number of carbonyl (C=O) groups excluding carboxylic acids is 2. The zero-order valence-corrected chi connectivity index (χ0v) is 14.8. The van der Waals surface area contributed by atoms with Gasteiger partial charge >= 0.3 is 5.97 Å². The molecule has 0 saturated heterocycles. The van der Waals surface area contributed by atoms with Crippen LogP contribution in [0.3, 0.4) is 0 Å². The average Bonchev–Trinajstić information content (AvgIpc) is 2.98. The lowest BCUT2D eigenvalue weighted by atomic mass is 10.1. The number of nitrogens with one attached hydrogen (secondary N) is 1. The van der Waals surface area contributed by atoms with Crippen LogP contribution in [-0.4, -0.2) is 25.2 Å². The topological polar surface area (TPSA) is 55.4 Å². The van der Waals surface area contributed by atoms with Crippen molar-refractivity contribution in [3.63, 3.8) is 0 Å². The van der Waals surface area contributed by atoms with Crippen molar-refractivity contribution in [2.24, 2.45) is 0 Å². The molecule has 0 atom stereocenters. The van der Waals surface area contributed by atoms with Gasteiger partial charge in [-0.1, -0.05) is 24.3 Å². The van der Waals surface area contributed by atoms with Gasteiger partial charge in [0.25, 0.3) is 5.91 Å². The zero-order chi connectivity index (χ0) is 17.1. The van der Waals surface area contributed by atoms with Crippen molar-refractivity contribution in [1.29, 1.82) is 0 Å². The first-order valence-corrected chi connectivity index (χ1v) is 9.23. The van der Waals surface area contributed by atoms with Gasteiger partial charge in [-0.25, -0.2) is 4.79 Å². The largest absolute Gasteiger partial charge is 0.465 e. The van der Waals surface area contributed by atoms with Crippen molar-refractivity contribution in [2.45, 2.75) is 4.90 Å². The minimum absolute atomic E-state index is 0.248. The molecule has 0 bridgehead atoms. The van der Waals surface area contributed by atoms with E-state index >= 15 is 0 Å². The highest BCUT2D eigenvalue weighted by atomic mass is 32.2. The molecule has 0 spiro atoms. The fraction of sp³-hybridized carbons (Fsp3) is 0.111. The van der Waals surface area contributed by atoms with Gasteiger partial charge in [-0.2, -0.15) is 0 Å². The third kappa shape index (κ3) is 3.16. The fourth-order valence-corrected chi connectivity index (χ4v) is 3.92. The summed E-state index contributed by atoms with van der Waals surface area (Å²) in [6.45, 7) is 0. The molecular weight excluding hydrogens is 342 g/mol. The first-order chi connectivity index (χ1) is 11.6. The van der Waals surface area contributed by atoms with Gasteiger partial charge in [-0.3, -0.25) is 4.79 Å². The highest BCUT2D eigenvalue weighted by Gasteiger charge is 2.21. The smallest absolute Gasteiger partial charge is 0.341 e. The Kier molecular flexibility index (Phi) is 4.87. The Balaban J connectivity index is 2.00. The van der Waals surface area contributed by atoms with Gasteiger partial charge in [0.15, 0.2) is 0 Å². The Morgan fingerprint density at radius 3 is 2.67 bits per heavy atom. The summed E-state index contributed by atoms with van der Waals surface area (Å²) in [5.41, 5.74) is 0.947. The van der Waals surface area contributed by atoms with Gasteiger partial charge in [-0.15, -0.1) is 23.1 Å². The molecule has 3 rings (SSSR count). The lowest BCUT2D eigenvalue weighted by Gasteiger charge is -2.06. The van der Waals surface area contributed by atoms with Crippen molar-refractivity contribution in [1.82, 2.24) is 0 Å². The van der Waals surface area contributed by atoms with Crippen LogP contribution in [0.5, 0.6) is 0 Å². The number of carbonyl (C=O) groups is 2. The lowest BCUT2D eigenvalue weighted by Crippen LogP contribution is -2.13. The van der Waals surface area contributed by atoms with E-state index < -0.39 is 5.97 Å². The van der Waals surface area contributed by atoms with Gasteiger partial charge in [0.05, 0.1) is 7.11 Å². The summed E-state index contributed by atoms with van der Waals surface area (Å²) in [5.74, 6) is -0.705. The summed E-state index contributed by atoms with van der Waals surface area (Å²) >= 11 is 2.93. The summed E-state index contributed by atoms with van der Waals surface area (Å²) in [6.07, 6.45) is 1.96. The van der Waals surface area contributed by atoms with Crippen LogP contribution in [0.15, 0.2) is 53.4 Å². The standard InChI is InChI=1S/C18H15NO3S2/c1-22-18(21)15-13-8-3-4-9-14(13)24-17(15)19-16(20)11-6-5-7-12(10-11)23-2/h3-10H,1-2H3,(H,19,20). The summed E-state index contributed by atoms with van der Waals surface area (Å²) in [7, 11) is 1.34. The van der Waals surface area contributed by atoms with Crippen LogP contribution in [0.1, 0.15) is 20.7 Å². The number of thioether (sulfide) groups is 1. The zero-order valence-electron chi connectivity index (χ0n) is 13.2. The molecule has 4 nitrogen and oxygen atoms in total. The number of amides is 1. The second-order valence-corrected chi connectivity index (χ2v) is 6.91. The van der Waals surface area contributed by atoms with E-state index in [0.29, 0.717) is 16.1 Å². The molecule has 0 saturated carbocycles. The second kappa shape index (κ2) is 7.07. The molecular formula is C18H15NO3S2. The van der Waals surface area contributed by atoms with Crippen LogP contribution in [0.4, 0.5) is 5.00 Å². The number of thiophene rings is 1. The van der Waals surface area contributed by atoms with Crippen LogP contribution >= 0.6 is 23.1 Å². The molecule has 1 heterocycles. The van der Waals surface area contributed by atoms with E-state index in [0.717, 1.165) is 15.0 Å². The summed E-state index contributed by atoms with van der Waals surface area (Å²) < 4.78 is 5.80. The first-order valence-electron chi connectivity index (χ1n) is 7.19. The first kappa shape index (κ1) is 16.5. The Bertz CT molecular complexity index is 918. The summed E-state index contributed by atoms with van der Waals surface area (Å²) in [4.78, 5) is 25.7. The quantitative estimate of drug-likeness (QED) is 0.545. The third-order valence-corrected chi connectivity index (χ3v) is 5.36. The molecule has 6 heteroatoms. The van der Waals surface area contributed by atoms with E-state index in [2.05, 4.69) is 5.32 Å². The van der Waals surface area contributed by atoms with Gasteiger partial charge in [-0.05, 0) is 30.5 Å². The summed E-state index contributed by atoms with van der Waals surface area (Å²) in [6, 6.07) is 14.9. The maximum atomic E-state index is 12.6. The van der Waals surface area contributed by atoms with Crippen molar-refractivity contribution in [2.75, 3.05) is 18.7 Å². The normalized spacial score (nSPS) is 10.6. The molecule has 0 aliphatic carbocycles. The van der Waals surface area contributed by atoms with Crippen LogP contribution in [0.2, 0.25) is 0 Å². The minimum atomic E-state index is -0.458. The molecule has 2 aromatic carbocycles. The Morgan fingerprint density at radius 2 is 1.92 bits per heavy atom. The Hall–Kier alpha value is -2.31. The highest BCUT2D eigenvalue weighted by molar-refractivity contribution is 7.98. The third-order valence-electron chi connectivity index (χ3n) is 3.54. The van der Waals surface area contributed by atoms with Crippen molar-refractivity contribution < 1.29 is 14.3 Å². The number of anilines is 1. The predicted octanol–water partition coefficient (Wildman–Crippen LogP) is 4.66. The molecule has 122 valence electrons. The molecule has 1 aromatic heterocycles.